The lowest BCUT2D eigenvalue weighted by molar-refractivity contribution is -0.135. The first-order chi connectivity index (χ1) is 12.8. The van der Waals surface area contributed by atoms with Crippen LogP contribution in [0.15, 0.2) is 29.2 Å². The maximum absolute atomic E-state index is 12.6. The second-order valence-corrected chi connectivity index (χ2v) is 9.44. The molecule has 2 aliphatic heterocycles. The summed E-state index contributed by atoms with van der Waals surface area (Å²) in [6.45, 7) is 7.17. The molecule has 1 aromatic rings. The van der Waals surface area contributed by atoms with E-state index >= 15 is 0 Å². The number of amides is 1. The number of nitrogens with zero attached hydrogens (tertiary/aromatic N) is 1. The average Bonchev–Trinajstić information content (AvgIpc) is 2.94. The highest BCUT2D eigenvalue weighted by Gasteiger charge is 2.45. The Morgan fingerprint density at radius 1 is 1.30 bits per heavy atom. The minimum Gasteiger partial charge on any atom is -0.375 e. The van der Waals surface area contributed by atoms with E-state index in [0.29, 0.717) is 18.7 Å². The number of nitrogens with one attached hydrogen (secondary N) is 1. The van der Waals surface area contributed by atoms with E-state index in [-0.39, 0.29) is 28.3 Å². The number of carbonyl (C=O) groups is 1. The molecule has 2 atom stereocenters. The molecule has 27 heavy (non-hydrogen) atoms. The molecule has 1 amide bonds. The van der Waals surface area contributed by atoms with E-state index in [4.69, 9.17) is 9.47 Å². The Labute approximate surface area is 160 Å². The third-order valence-corrected chi connectivity index (χ3v) is 7.16. The number of benzene rings is 1. The SMILES string of the molecule is CC(=O)Nc1ccc(S(=O)(=O)CCCN2CCO[C@@]3(CCO[C@H]3C)C2)cc1. The summed E-state index contributed by atoms with van der Waals surface area (Å²) in [6.07, 6.45) is 1.54. The van der Waals surface area contributed by atoms with Crippen LogP contribution >= 0.6 is 0 Å². The first-order valence-electron chi connectivity index (χ1n) is 9.39. The van der Waals surface area contributed by atoms with E-state index in [9.17, 15) is 13.2 Å². The second-order valence-electron chi connectivity index (χ2n) is 7.33. The maximum Gasteiger partial charge on any atom is 0.221 e. The molecule has 1 N–H and O–H groups in total. The van der Waals surface area contributed by atoms with E-state index in [1.54, 1.807) is 24.3 Å². The fraction of sp³-hybridized carbons (Fsp3) is 0.632. The van der Waals surface area contributed by atoms with Crippen molar-refractivity contribution in [1.29, 1.82) is 0 Å². The van der Waals surface area contributed by atoms with Gasteiger partial charge in [0.25, 0.3) is 0 Å². The van der Waals surface area contributed by atoms with Crippen LogP contribution in [0.3, 0.4) is 0 Å². The molecule has 8 heteroatoms. The van der Waals surface area contributed by atoms with E-state index in [0.717, 1.165) is 32.7 Å². The summed E-state index contributed by atoms with van der Waals surface area (Å²) in [7, 11) is -3.34. The zero-order valence-electron chi connectivity index (χ0n) is 15.9. The van der Waals surface area contributed by atoms with Gasteiger partial charge in [0, 0.05) is 38.7 Å². The van der Waals surface area contributed by atoms with Crippen LogP contribution < -0.4 is 5.32 Å². The second kappa shape index (κ2) is 8.26. The van der Waals surface area contributed by atoms with Gasteiger partial charge in [0.05, 0.1) is 23.4 Å². The molecule has 2 fully saturated rings. The van der Waals surface area contributed by atoms with Gasteiger partial charge in [-0.2, -0.15) is 0 Å². The lowest BCUT2D eigenvalue weighted by Gasteiger charge is -2.42. The van der Waals surface area contributed by atoms with Crippen LogP contribution in [-0.2, 0) is 24.1 Å². The van der Waals surface area contributed by atoms with Gasteiger partial charge >= 0.3 is 0 Å². The van der Waals surface area contributed by atoms with Crippen molar-refractivity contribution in [2.24, 2.45) is 0 Å². The normalized spacial score (nSPS) is 26.4. The molecule has 1 spiro atoms. The number of morpholine rings is 1. The molecule has 2 heterocycles. The quantitative estimate of drug-likeness (QED) is 0.788. The van der Waals surface area contributed by atoms with Gasteiger partial charge in [0.15, 0.2) is 9.84 Å². The fourth-order valence-corrected chi connectivity index (χ4v) is 5.07. The van der Waals surface area contributed by atoms with Crippen molar-refractivity contribution in [3.63, 3.8) is 0 Å². The van der Waals surface area contributed by atoms with Gasteiger partial charge in [-0.1, -0.05) is 0 Å². The Kier molecular flexibility index (Phi) is 6.20. The molecule has 150 valence electrons. The third kappa shape index (κ3) is 4.87. The Balaban J connectivity index is 1.52. The molecule has 0 saturated carbocycles. The largest absolute Gasteiger partial charge is 0.375 e. The highest BCUT2D eigenvalue weighted by Crippen LogP contribution is 2.33. The van der Waals surface area contributed by atoms with Crippen LogP contribution in [0.4, 0.5) is 5.69 Å². The lowest BCUT2D eigenvalue weighted by Crippen LogP contribution is -2.55. The van der Waals surface area contributed by atoms with Gasteiger partial charge in [-0.15, -0.1) is 0 Å². The van der Waals surface area contributed by atoms with Crippen molar-refractivity contribution >= 4 is 21.4 Å². The molecule has 0 aliphatic carbocycles. The van der Waals surface area contributed by atoms with Crippen molar-refractivity contribution in [3.05, 3.63) is 24.3 Å². The topological polar surface area (TPSA) is 84.9 Å². The molecule has 0 bridgehead atoms. The Morgan fingerprint density at radius 2 is 2.04 bits per heavy atom. The standard InChI is InChI=1S/C19H28N2O5S/c1-15-19(8-11-25-15)14-21(10-12-26-19)9-3-13-27(23,24)18-6-4-17(5-7-18)20-16(2)22/h4-7,15H,3,8-14H2,1-2H3,(H,20,22)/t15-,19-/m0/s1. The van der Waals surface area contributed by atoms with Gasteiger partial charge < -0.3 is 14.8 Å². The van der Waals surface area contributed by atoms with Crippen LogP contribution in [0, 0.1) is 0 Å². The molecule has 0 unspecified atom stereocenters. The minimum absolute atomic E-state index is 0.0751. The molecule has 2 saturated heterocycles. The van der Waals surface area contributed by atoms with E-state index in [1.165, 1.54) is 6.92 Å². The highest BCUT2D eigenvalue weighted by atomic mass is 32.2. The van der Waals surface area contributed by atoms with Crippen molar-refractivity contribution in [1.82, 2.24) is 4.90 Å². The van der Waals surface area contributed by atoms with E-state index in [2.05, 4.69) is 10.2 Å². The molecule has 1 aromatic carbocycles. The number of carbonyl (C=O) groups excluding carboxylic acids is 1. The number of ether oxygens (including phenoxy) is 2. The highest BCUT2D eigenvalue weighted by molar-refractivity contribution is 7.91. The summed E-state index contributed by atoms with van der Waals surface area (Å²) in [4.78, 5) is 13.6. The van der Waals surface area contributed by atoms with Gasteiger partial charge in [-0.05, 0) is 44.2 Å². The van der Waals surface area contributed by atoms with Crippen LogP contribution in [0.25, 0.3) is 0 Å². The molecule has 3 rings (SSSR count). The number of sulfone groups is 1. The average molecular weight is 397 g/mol. The van der Waals surface area contributed by atoms with Crippen LogP contribution in [0.2, 0.25) is 0 Å². The van der Waals surface area contributed by atoms with Gasteiger partial charge in [-0.3, -0.25) is 9.69 Å². The maximum atomic E-state index is 12.6. The Hall–Kier alpha value is -1.48. The lowest BCUT2D eigenvalue weighted by atomic mass is 9.94. The molecule has 2 aliphatic rings. The fourth-order valence-electron chi connectivity index (χ4n) is 3.78. The minimum atomic E-state index is -3.34. The summed E-state index contributed by atoms with van der Waals surface area (Å²) in [5, 5.41) is 2.63. The molecular weight excluding hydrogens is 368 g/mol. The van der Waals surface area contributed by atoms with Crippen LogP contribution in [0.5, 0.6) is 0 Å². The summed E-state index contributed by atoms with van der Waals surface area (Å²) in [6, 6.07) is 6.31. The van der Waals surface area contributed by atoms with Crippen molar-refractivity contribution in [2.45, 2.75) is 43.3 Å². The van der Waals surface area contributed by atoms with Crippen molar-refractivity contribution < 1.29 is 22.7 Å². The molecule has 7 nitrogen and oxygen atoms in total. The zero-order valence-corrected chi connectivity index (χ0v) is 16.8. The predicted octanol–water partition coefficient (Wildman–Crippen LogP) is 1.69. The van der Waals surface area contributed by atoms with Crippen LogP contribution in [0.1, 0.15) is 26.7 Å². The van der Waals surface area contributed by atoms with E-state index in [1.807, 2.05) is 6.92 Å². The van der Waals surface area contributed by atoms with Gasteiger partial charge in [0.1, 0.15) is 5.60 Å². The smallest absolute Gasteiger partial charge is 0.221 e. The van der Waals surface area contributed by atoms with Crippen LogP contribution in [-0.4, -0.2) is 69.5 Å². The summed E-state index contributed by atoms with van der Waals surface area (Å²) in [5.74, 6) is -0.0843. The monoisotopic (exact) mass is 396 g/mol. The summed E-state index contributed by atoms with van der Waals surface area (Å²) >= 11 is 0. The zero-order chi connectivity index (χ0) is 19.5. The first kappa shape index (κ1) is 20.3. The van der Waals surface area contributed by atoms with Crippen molar-refractivity contribution in [2.75, 3.05) is 43.9 Å². The molecule has 0 radical (unpaired) electrons. The first-order valence-corrected chi connectivity index (χ1v) is 11.0. The molecule has 0 aromatic heterocycles. The number of anilines is 1. The predicted molar refractivity (Wildman–Crippen MR) is 103 cm³/mol. The number of hydrogen-bond acceptors (Lipinski definition) is 6. The Morgan fingerprint density at radius 3 is 2.67 bits per heavy atom. The number of hydrogen-bond donors (Lipinski definition) is 1. The third-order valence-electron chi connectivity index (χ3n) is 5.34. The molecular formula is C19H28N2O5S. The summed E-state index contributed by atoms with van der Waals surface area (Å²) in [5.41, 5.74) is 0.351. The summed E-state index contributed by atoms with van der Waals surface area (Å²) < 4.78 is 36.8. The van der Waals surface area contributed by atoms with Gasteiger partial charge in [0.2, 0.25) is 5.91 Å². The van der Waals surface area contributed by atoms with E-state index < -0.39 is 9.84 Å². The Bertz CT molecular complexity index is 765. The number of rotatable bonds is 6. The van der Waals surface area contributed by atoms with Crippen molar-refractivity contribution in [3.8, 4) is 0 Å². The van der Waals surface area contributed by atoms with Gasteiger partial charge in [-0.25, -0.2) is 8.42 Å².